The topological polar surface area (TPSA) is 34.1 Å². The summed E-state index contributed by atoms with van der Waals surface area (Å²) in [6.07, 6.45) is 4.46. The molecular formula is C24H32N2O2. The molecule has 2 rings (SSSR count). The van der Waals surface area contributed by atoms with Crippen LogP contribution in [-0.4, -0.2) is 31.9 Å². The summed E-state index contributed by atoms with van der Waals surface area (Å²) < 4.78 is 11.9. The summed E-state index contributed by atoms with van der Waals surface area (Å²) in [7, 11) is 3.73. The Morgan fingerprint density at radius 3 is 2.57 bits per heavy atom. The van der Waals surface area contributed by atoms with Gasteiger partial charge in [0.05, 0.1) is 17.6 Å². The highest BCUT2D eigenvalue weighted by Gasteiger charge is 2.25. The predicted molar refractivity (Wildman–Crippen MR) is 118 cm³/mol. The molecule has 0 aliphatic carbocycles. The van der Waals surface area contributed by atoms with Gasteiger partial charge in [0, 0.05) is 20.7 Å². The normalized spacial score (nSPS) is 13.4. The van der Waals surface area contributed by atoms with Gasteiger partial charge in [-0.1, -0.05) is 18.2 Å². The fourth-order valence-corrected chi connectivity index (χ4v) is 2.88. The van der Waals surface area contributed by atoms with Gasteiger partial charge in [-0.25, -0.2) is 4.99 Å². The largest absolute Gasteiger partial charge is 0.457 e. The first-order valence-electron chi connectivity index (χ1n) is 9.63. The molecule has 2 aromatic rings. The van der Waals surface area contributed by atoms with Crippen LogP contribution in [0.5, 0.6) is 11.5 Å². The smallest absolute Gasteiger partial charge is 0.130 e. The average Bonchev–Trinajstić information content (AvgIpc) is 2.69. The first-order valence-corrected chi connectivity index (χ1v) is 9.63. The number of methoxy groups -OCH3 is 1. The number of nitrogens with zero attached hydrogens (tertiary/aromatic N) is 2. The molecule has 0 bridgehead atoms. The number of benzene rings is 2. The molecule has 0 aliphatic heterocycles. The third-order valence-corrected chi connectivity index (χ3v) is 5.04. The van der Waals surface area contributed by atoms with Crippen molar-refractivity contribution in [2.24, 2.45) is 4.99 Å². The molecule has 0 amide bonds. The fraction of sp³-hybridized carbons (Fsp3) is 0.375. The van der Waals surface area contributed by atoms with E-state index in [4.69, 9.17) is 9.47 Å². The number of aryl methyl sites for hydroxylation is 2. The standard InChI is InChI=1S/C24H32N2O2/c1-8-13-24(5,27-7)20-11-10-12-21(16-20)28-23-15-18(3)22(14-19(23)4)25-17-26(6)9-2/h8,10-12,14-17H,1,9,13H2,2-7H3. The zero-order chi connectivity index (χ0) is 20.7. The third-order valence-electron chi connectivity index (χ3n) is 5.04. The maximum absolute atomic E-state index is 6.21. The second-order valence-electron chi connectivity index (χ2n) is 7.28. The minimum absolute atomic E-state index is 0.421. The van der Waals surface area contributed by atoms with Crippen molar-refractivity contribution in [3.8, 4) is 11.5 Å². The number of aliphatic imine (C=N–C) groups is 1. The van der Waals surface area contributed by atoms with Gasteiger partial charge in [0.1, 0.15) is 11.5 Å². The second kappa shape index (κ2) is 9.56. The van der Waals surface area contributed by atoms with Gasteiger partial charge >= 0.3 is 0 Å². The molecule has 2 aromatic carbocycles. The van der Waals surface area contributed by atoms with Crippen LogP contribution in [0.3, 0.4) is 0 Å². The maximum atomic E-state index is 6.21. The minimum atomic E-state index is -0.421. The highest BCUT2D eigenvalue weighted by Crippen LogP contribution is 2.35. The number of hydrogen-bond acceptors (Lipinski definition) is 3. The molecule has 1 atom stereocenters. The average molecular weight is 381 g/mol. The molecule has 0 spiro atoms. The number of rotatable bonds is 9. The van der Waals surface area contributed by atoms with Crippen molar-refractivity contribution in [2.45, 2.75) is 39.7 Å². The highest BCUT2D eigenvalue weighted by molar-refractivity contribution is 5.64. The van der Waals surface area contributed by atoms with Crippen molar-refractivity contribution < 1.29 is 9.47 Å². The van der Waals surface area contributed by atoms with Gasteiger partial charge in [-0.05, 0) is 75.1 Å². The molecule has 0 radical (unpaired) electrons. The van der Waals surface area contributed by atoms with E-state index in [1.807, 2.05) is 62.5 Å². The summed E-state index contributed by atoms with van der Waals surface area (Å²) in [6.45, 7) is 13.0. The summed E-state index contributed by atoms with van der Waals surface area (Å²) in [5.74, 6) is 1.62. The second-order valence-corrected chi connectivity index (χ2v) is 7.28. The Balaban J connectivity index is 2.29. The van der Waals surface area contributed by atoms with Crippen LogP contribution in [0.15, 0.2) is 54.0 Å². The van der Waals surface area contributed by atoms with Crippen molar-refractivity contribution in [1.82, 2.24) is 4.90 Å². The summed E-state index contributed by atoms with van der Waals surface area (Å²) >= 11 is 0. The molecule has 0 fully saturated rings. The van der Waals surface area contributed by atoms with Crippen LogP contribution in [0.4, 0.5) is 5.69 Å². The molecular weight excluding hydrogens is 348 g/mol. The minimum Gasteiger partial charge on any atom is -0.457 e. The van der Waals surface area contributed by atoms with Crippen molar-refractivity contribution in [3.63, 3.8) is 0 Å². The van der Waals surface area contributed by atoms with E-state index in [0.717, 1.165) is 46.8 Å². The molecule has 1 unspecified atom stereocenters. The van der Waals surface area contributed by atoms with E-state index in [1.165, 1.54) is 0 Å². The van der Waals surface area contributed by atoms with E-state index in [0.29, 0.717) is 0 Å². The maximum Gasteiger partial charge on any atom is 0.130 e. The Bertz CT molecular complexity index is 844. The van der Waals surface area contributed by atoms with Crippen LogP contribution in [0.1, 0.15) is 37.0 Å². The van der Waals surface area contributed by atoms with Crippen LogP contribution in [-0.2, 0) is 10.3 Å². The van der Waals surface area contributed by atoms with Crippen molar-refractivity contribution >= 4 is 12.0 Å². The molecule has 0 saturated heterocycles. The molecule has 0 N–H and O–H groups in total. The van der Waals surface area contributed by atoms with E-state index in [9.17, 15) is 0 Å². The zero-order valence-corrected chi connectivity index (χ0v) is 18.0. The quantitative estimate of drug-likeness (QED) is 0.297. The van der Waals surface area contributed by atoms with Gasteiger partial charge in [0.2, 0.25) is 0 Å². The Morgan fingerprint density at radius 2 is 1.93 bits per heavy atom. The molecule has 28 heavy (non-hydrogen) atoms. The van der Waals surface area contributed by atoms with Gasteiger partial charge < -0.3 is 14.4 Å². The third kappa shape index (κ3) is 5.23. The number of hydrogen-bond donors (Lipinski definition) is 0. The van der Waals surface area contributed by atoms with Gasteiger partial charge in [-0.2, -0.15) is 0 Å². The van der Waals surface area contributed by atoms with Gasteiger partial charge in [-0.3, -0.25) is 0 Å². The first kappa shape index (κ1) is 21.7. The SMILES string of the molecule is C=CCC(C)(OC)c1cccc(Oc2cc(C)c(N=CN(C)CC)cc2C)c1. The molecule has 0 heterocycles. The highest BCUT2D eigenvalue weighted by atomic mass is 16.5. The lowest BCUT2D eigenvalue weighted by molar-refractivity contribution is 0.00449. The Morgan fingerprint density at radius 1 is 1.18 bits per heavy atom. The lowest BCUT2D eigenvalue weighted by atomic mass is 9.92. The fourth-order valence-electron chi connectivity index (χ4n) is 2.88. The van der Waals surface area contributed by atoms with Crippen LogP contribution in [0.25, 0.3) is 0 Å². The molecule has 150 valence electrons. The first-order chi connectivity index (χ1) is 13.3. The van der Waals surface area contributed by atoms with Crippen molar-refractivity contribution in [1.29, 1.82) is 0 Å². The monoisotopic (exact) mass is 380 g/mol. The summed E-state index contributed by atoms with van der Waals surface area (Å²) in [4.78, 5) is 6.63. The van der Waals surface area contributed by atoms with Crippen molar-refractivity contribution in [2.75, 3.05) is 20.7 Å². The molecule has 0 saturated carbocycles. The van der Waals surface area contributed by atoms with Crippen LogP contribution < -0.4 is 4.74 Å². The van der Waals surface area contributed by atoms with E-state index in [1.54, 1.807) is 7.11 Å². The van der Waals surface area contributed by atoms with E-state index < -0.39 is 5.60 Å². The van der Waals surface area contributed by atoms with Crippen LogP contribution in [0, 0.1) is 13.8 Å². The molecule has 0 aromatic heterocycles. The Kier molecular flexibility index (Phi) is 7.41. The number of ether oxygens (including phenoxy) is 2. The summed E-state index contributed by atoms with van der Waals surface area (Å²) in [5.41, 5.74) is 3.71. The zero-order valence-electron chi connectivity index (χ0n) is 18.0. The molecule has 4 nitrogen and oxygen atoms in total. The lowest BCUT2D eigenvalue weighted by Crippen LogP contribution is -2.23. The predicted octanol–water partition coefficient (Wildman–Crippen LogP) is 6.14. The molecule has 0 aliphatic rings. The van der Waals surface area contributed by atoms with E-state index >= 15 is 0 Å². The summed E-state index contributed by atoms with van der Waals surface area (Å²) in [6, 6.07) is 12.1. The lowest BCUT2D eigenvalue weighted by Gasteiger charge is -2.27. The van der Waals surface area contributed by atoms with Crippen LogP contribution >= 0.6 is 0 Å². The van der Waals surface area contributed by atoms with Crippen molar-refractivity contribution in [3.05, 3.63) is 65.7 Å². The Hall–Kier alpha value is -2.59. The van der Waals surface area contributed by atoms with Gasteiger partial charge in [-0.15, -0.1) is 6.58 Å². The summed E-state index contributed by atoms with van der Waals surface area (Å²) in [5, 5.41) is 0. The Labute approximate surface area is 169 Å². The van der Waals surface area contributed by atoms with E-state index in [-0.39, 0.29) is 0 Å². The van der Waals surface area contributed by atoms with Gasteiger partial charge in [0.25, 0.3) is 0 Å². The van der Waals surface area contributed by atoms with Crippen LogP contribution in [0.2, 0.25) is 0 Å². The van der Waals surface area contributed by atoms with Gasteiger partial charge in [0.15, 0.2) is 0 Å². The molecule has 4 heteroatoms. The van der Waals surface area contributed by atoms with E-state index in [2.05, 4.69) is 37.6 Å².